The van der Waals surface area contributed by atoms with Crippen LogP contribution in [0.4, 0.5) is 0 Å². The number of rotatable bonds is 4. The summed E-state index contributed by atoms with van der Waals surface area (Å²) in [6, 6.07) is 10.2. The van der Waals surface area contributed by atoms with E-state index in [0.717, 1.165) is 22.6 Å². The number of nitrogens with one attached hydrogen (secondary N) is 1. The van der Waals surface area contributed by atoms with Crippen LogP contribution in [0.15, 0.2) is 46.0 Å². The Labute approximate surface area is 207 Å². The number of fused-ring (bicyclic) bond motifs is 1. The molecular weight excluding hydrogens is 464 g/mol. The predicted molar refractivity (Wildman–Crippen MR) is 137 cm³/mol. The SMILES string of the molecule is Cc1ccc(-n2c(C)cc(/C=C3\C(=N)N4N=C(CC(=O)N5CCOCC5)SC4=NC3=O)c2C)cc1. The van der Waals surface area contributed by atoms with E-state index in [2.05, 4.69) is 38.9 Å². The Bertz CT molecular complexity index is 1320. The maximum Gasteiger partial charge on any atom is 0.283 e. The summed E-state index contributed by atoms with van der Waals surface area (Å²) in [6.07, 6.45) is 1.81. The molecule has 9 nitrogen and oxygen atoms in total. The van der Waals surface area contributed by atoms with Gasteiger partial charge < -0.3 is 14.2 Å². The molecule has 1 aromatic heterocycles. The maximum atomic E-state index is 12.9. The predicted octanol–water partition coefficient (Wildman–Crippen LogP) is 3.27. The molecule has 0 aliphatic carbocycles. The van der Waals surface area contributed by atoms with Gasteiger partial charge in [-0.15, -0.1) is 0 Å². The van der Waals surface area contributed by atoms with Crippen molar-refractivity contribution in [2.24, 2.45) is 10.1 Å². The van der Waals surface area contributed by atoms with Crippen LogP contribution in [-0.4, -0.2) is 68.6 Å². The van der Waals surface area contributed by atoms with Crippen LogP contribution in [0.25, 0.3) is 11.8 Å². The number of morpholine rings is 1. The molecule has 4 heterocycles. The fourth-order valence-electron chi connectivity index (χ4n) is 4.34. The second-order valence-corrected chi connectivity index (χ2v) is 9.72. The first-order valence-electron chi connectivity index (χ1n) is 11.4. The molecule has 0 spiro atoms. The lowest BCUT2D eigenvalue weighted by Crippen LogP contribution is -2.41. The third-order valence-corrected chi connectivity index (χ3v) is 7.13. The van der Waals surface area contributed by atoms with Crippen molar-refractivity contribution in [1.82, 2.24) is 14.5 Å². The number of hydrogen-bond donors (Lipinski definition) is 1. The summed E-state index contributed by atoms with van der Waals surface area (Å²) in [6.45, 7) is 8.23. The molecule has 35 heavy (non-hydrogen) atoms. The zero-order chi connectivity index (χ0) is 24.7. The summed E-state index contributed by atoms with van der Waals surface area (Å²) in [5.41, 5.74) is 5.22. The third-order valence-electron chi connectivity index (χ3n) is 6.22. The molecule has 3 aliphatic rings. The first-order valence-corrected chi connectivity index (χ1v) is 12.2. The number of aliphatic imine (C=N–C) groups is 1. The number of aryl methyl sites for hydroxylation is 2. The van der Waals surface area contributed by atoms with E-state index in [9.17, 15) is 9.59 Å². The number of carbonyl (C=O) groups is 2. The molecular formula is C25H26N6O3S. The minimum atomic E-state index is -0.482. The number of carbonyl (C=O) groups excluding carboxylic acids is 2. The van der Waals surface area contributed by atoms with Crippen molar-refractivity contribution in [3.8, 4) is 5.69 Å². The summed E-state index contributed by atoms with van der Waals surface area (Å²) in [7, 11) is 0. The highest BCUT2D eigenvalue weighted by atomic mass is 32.2. The summed E-state index contributed by atoms with van der Waals surface area (Å²) < 4.78 is 7.42. The van der Waals surface area contributed by atoms with Crippen molar-refractivity contribution < 1.29 is 14.3 Å². The summed E-state index contributed by atoms with van der Waals surface area (Å²) >= 11 is 1.17. The quantitative estimate of drug-likeness (QED) is 0.663. The van der Waals surface area contributed by atoms with Crippen LogP contribution in [0.2, 0.25) is 0 Å². The van der Waals surface area contributed by atoms with Crippen molar-refractivity contribution in [2.45, 2.75) is 27.2 Å². The van der Waals surface area contributed by atoms with E-state index < -0.39 is 5.91 Å². The number of hydrazone groups is 1. The zero-order valence-electron chi connectivity index (χ0n) is 19.9. The second-order valence-electron chi connectivity index (χ2n) is 8.68. The lowest BCUT2D eigenvalue weighted by atomic mass is 10.1. The van der Waals surface area contributed by atoms with Crippen LogP contribution in [0.1, 0.15) is 28.9 Å². The van der Waals surface area contributed by atoms with Crippen molar-refractivity contribution >= 4 is 45.7 Å². The van der Waals surface area contributed by atoms with Crippen molar-refractivity contribution in [3.05, 3.63) is 58.4 Å². The standard InChI is InChI=1S/C25H26N6O3S/c1-15-4-6-19(7-5-15)30-16(2)12-18(17(30)3)13-20-23(26)31-25(27-24(20)33)35-21(28-31)14-22(32)29-8-10-34-11-9-29/h4-7,12-13,26H,8-11,14H2,1-3H3/b20-13+,26-23?. The molecule has 5 rings (SSSR count). The van der Waals surface area contributed by atoms with Gasteiger partial charge in [-0.1, -0.05) is 17.7 Å². The topological polar surface area (TPSA) is 103 Å². The monoisotopic (exact) mass is 490 g/mol. The molecule has 2 aromatic rings. The Morgan fingerprint density at radius 1 is 1.17 bits per heavy atom. The van der Waals surface area contributed by atoms with Gasteiger partial charge in [-0.25, -0.2) is 0 Å². The van der Waals surface area contributed by atoms with Gasteiger partial charge in [0.1, 0.15) is 5.04 Å². The van der Waals surface area contributed by atoms with Crippen molar-refractivity contribution in [3.63, 3.8) is 0 Å². The smallest absolute Gasteiger partial charge is 0.283 e. The fourth-order valence-corrected chi connectivity index (χ4v) is 5.21. The largest absolute Gasteiger partial charge is 0.378 e. The van der Waals surface area contributed by atoms with Crippen LogP contribution < -0.4 is 0 Å². The van der Waals surface area contributed by atoms with E-state index in [1.54, 1.807) is 11.0 Å². The molecule has 1 fully saturated rings. The molecule has 1 saturated heterocycles. The maximum absolute atomic E-state index is 12.9. The number of ether oxygens (including phenoxy) is 1. The molecule has 0 radical (unpaired) electrons. The Hall–Kier alpha value is -3.50. The van der Waals surface area contributed by atoms with Gasteiger partial charge >= 0.3 is 0 Å². The van der Waals surface area contributed by atoms with Gasteiger partial charge in [0.15, 0.2) is 5.84 Å². The molecule has 3 aliphatic heterocycles. The molecule has 180 valence electrons. The molecule has 10 heteroatoms. The average molecular weight is 491 g/mol. The Morgan fingerprint density at radius 2 is 1.89 bits per heavy atom. The lowest BCUT2D eigenvalue weighted by Gasteiger charge is -2.26. The molecule has 0 bridgehead atoms. The second kappa shape index (κ2) is 9.27. The number of benzene rings is 1. The molecule has 1 N–H and O–H groups in total. The van der Waals surface area contributed by atoms with Crippen LogP contribution in [0, 0.1) is 26.2 Å². The molecule has 0 atom stereocenters. The van der Waals surface area contributed by atoms with Crippen LogP contribution in [0.3, 0.4) is 0 Å². The van der Waals surface area contributed by atoms with E-state index in [1.165, 1.54) is 22.3 Å². The highest BCUT2D eigenvalue weighted by molar-refractivity contribution is 8.27. The third kappa shape index (κ3) is 4.46. The minimum absolute atomic E-state index is 0.0403. The summed E-state index contributed by atoms with van der Waals surface area (Å²) in [5, 5.41) is 15.3. The number of hydrogen-bond acceptors (Lipinski definition) is 6. The van der Waals surface area contributed by atoms with E-state index >= 15 is 0 Å². The molecule has 2 amide bonds. The van der Waals surface area contributed by atoms with E-state index in [1.807, 2.05) is 26.8 Å². The molecule has 0 saturated carbocycles. The Balaban J connectivity index is 1.39. The fraction of sp³-hybridized carbons (Fsp3) is 0.320. The van der Waals surface area contributed by atoms with Gasteiger partial charge in [-0.3, -0.25) is 15.0 Å². The van der Waals surface area contributed by atoms with Crippen LogP contribution in [0.5, 0.6) is 0 Å². The number of aromatic nitrogens is 1. The first kappa shape index (κ1) is 23.3. The Morgan fingerprint density at radius 3 is 2.60 bits per heavy atom. The van der Waals surface area contributed by atoms with Crippen molar-refractivity contribution in [1.29, 1.82) is 5.41 Å². The Kier molecular flexibility index (Phi) is 6.16. The highest BCUT2D eigenvalue weighted by Crippen LogP contribution is 2.31. The van der Waals surface area contributed by atoms with Gasteiger partial charge in [-0.2, -0.15) is 15.1 Å². The summed E-state index contributed by atoms with van der Waals surface area (Å²) in [5.74, 6) is -0.566. The van der Waals surface area contributed by atoms with Gasteiger partial charge in [-0.05, 0) is 62.4 Å². The number of amidine groups is 2. The van der Waals surface area contributed by atoms with E-state index in [0.29, 0.717) is 36.5 Å². The molecule has 0 unspecified atom stereocenters. The lowest BCUT2D eigenvalue weighted by molar-refractivity contribution is -0.133. The molecule has 1 aromatic carbocycles. The van der Waals surface area contributed by atoms with Crippen LogP contribution in [-0.2, 0) is 14.3 Å². The van der Waals surface area contributed by atoms with Crippen molar-refractivity contribution in [2.75, 3.05) is 26.3 Å². The first-order chi connectivity index (χ1) is 16.8. The number of nitrogens with zero attached hydrogens (tertiary/aromatic N) is 5. The van der Waals surface area contributed by atoms with Gasteiger partial charge in [0.2, 0.25) is 11.1 Å². The van der Waals surface area contributed by atoms with Gasteiger partial charge in [0.05, 0.1) is 25.2 Å². The average Bonchev–Trinajstić information content (AvgIpc) is 3.37. The zero-order valence-corrected chi connectivity index (χ0v) is 20.7. The minimum Gasteiger partial charge on any atom is -0.378 e. The normalized spacial score (nSPS) is 19.2. The van der Waals surface area contributed by atoms with E-state index in [-0.39, 0.29) is 23.7 Å². The highest BCUT2D eigenvalue weighted by Gasteiger charge is 2.36. The number of amides is 2. The van der Waals surface area contributed by atoms with Gasteiger partial charge in [0.25, 0.3) is 5.91 Å². The van der Waals surface area contributed by atoms with Gasteiger partial charge in [0, 0.05) is 30.2 Å². The van der Waals surface area contributed by atoms with Crippen LogP contribution >= 0.6 is 11.8 Å². The van der Waals surface area contributed by atoms with E-state index in [4.69, 9.17) is 10.1 Å². The number of thioether (sulfide) groups is 1. The summed E-state index contributed by atoms with van der Waals surface area (Å²) in [4.78, 5) is 31.4.